The number of anilines is 2. The molecule has 5 aromatic rings. The standard InChI is InChI=1S/C37H24ClN3O5/c38-23-16-14-22(15-17-23)33-36-31-27-10-4-6-12-29(27)32(30-13-7-5-11-28(30)31)37(36,46-40(33)25-8-2-1-3-9-25)35(43)39(34(36)42)24-18-20-26(21-19-24)41(44)45/h1-21,31-33H. The van der Waals surface area contributed by atoms with Crippen molar-refractivity contribution in [3.8, 4) is 0 Å². The minimum absolute atomic E-state index is 0.137. The molecule has 0 saturated carbocycles. The number of amides is 2. The van der Waals surface area contributed by atoms with Gasteiger partial charge in [0.2, 0.25) is 11.5 Å². The number of carbonyl (C=O) groups is 2. The highest BCUT2D eigenvalue weighted by Crippen LogP contribution is 2.77. The molecule has 3 atom stereocenters. The van der Waals surface area contributed by atoms with Gasteiger partial charge in [0.1, 0.15) is 11.5 Å². The van der Waals surface area contributed by atoms with Crippen LogP contribution < -0.4 is 9.96 Å². The summed E-state index contributed by atoms with van der Waals surface area (Å²) in [6.07, 6.45) is 0. The molecule has 3 aliphatic carbocycles. The third-order valence-corrected chi connectivity index (χ3v) is 10.5. The van der Waals surface area contributed by atoms with E-state index in [2.05, 4.69) is 12.1 Å². The molecule has 46 heavy (non-hydrogen) atoms. The maximum absolute atomic E-state index is 15.6. The highest BCUT2D eigenvalue weighted by molar-refractivity contribution is 6.31. The van der Waals surface area contributed by atoms with Gasteiger partial charge in [0.25, 0.3) is 11.6 Å². The molecule has 5 aliphatic rings. The van der Waals surface area contributed by atoms with Gasteiger partial charge in [0.05, 0.1) is 22.2 Å². The summed E-state index contributed by atoms with van der Waals surface area (Å²) >= 11 is 6.38. The van der Waals surface area contributed by atoms with E-state index < -0.39 is 45.6 Å². The number of hydrogen-bond donors (Lipinski definition) is 0. The molecular weight excluding hydrogens is 602 g/mol. The fourth-order valence-electron chi connectivity index (χ4n) is 8.63. The average Bonchev–Trinajstić information content (AvgIpc) is 3.52. The summed E-state index contributed by atoms with van der Waals surface area (Å²) < 4.78 is 0. The Labute approximate surface area is 268 Å². The van der Waals surface area contributed by atoms with Crippen molar-refractivity contribution in [2.75, 3.05) is 9.96 Å². The van der Waals surface area contributed by atoms with Crippen molar-refractivity contribution in [2.45, 2.75) is 23.5 Å². The van der Waals surface area contributed by atoms with Gasteiger partial charge in [-0.15, -0.1) is 0 Å². The van der Waals surface area contributed by atoms with Crippen molar-refractivity contribution in [2.24, 2.45) is 5.41 Å². The van der Waals surface area contributed by atoms with E-state index in [9.17, 15) is 10.1 Å². The van der Waals surface area contributed by atoms with E-state index in [0.29, 0.717) is 10.7 Å². The summed E-state index contributed by atoms with van der Waals surface area (Å²) in [6, 6.07) is 37.7. The zero-order chi connectivity index (χ0) is 31.4. The zero-order valence-corrected chi connectivity index (χ0v) is 24.9. The highest BCUT2D eigenvalue weighted by atomic mass is 35.5. The van der Waals surface area contributed by atoms with Crippen LogP contribution in [-0.2, 0) is 14.4 Å². The van der Waals surface area contributed by atoms with Crippen LogP contribution in [0, 0.1) is 15.5 Å². The van der Waals surface area contributed by atoms with Crippen molar-refractivity contribution in [3.63, 3.8) is 0 Å². The van der Waals surface area contributed by atoms with Crippen LogP contribution in [0.15, 0.2) is 127 Å². The number of para-hydroxylation sites is 1. The summed E-state index contributed by atoms with van der Waals surface area (Å²) in [6.45, 7) is 0. The monoisotopic (exact) mass is 625 g/mol. The molecule has 224 valence electrons. The second kappa shape index (κ2) is 9.36. The Bertz CT molecular complexity index is 2060. The molecule has 0 N–H and O–H groups in total. The number of non-ortho nitro benzene ring substituents is 1. The number of halogens is 1. The highest BCUT2D eigenvalue weighted by Gasteiger charge is 2.87. The van der Waals surface area contributed by atoms with Crippen molar-refractivity contribution in [3.05, 3.63) is 170 Å². The lowest BCUT2D eigenvalue weighted by Gasteiger charge is -2.55. The Kier molecular flexibility index (Phi) is 5.50. The van der Waals surface area contributed by atoms with Gasteiger partial charge in [-0.3, -0.25) is 24.5 Å². The van der Waals surface area contributed by atoms with E-state index >= 15 is 9.59 Å². The first kappa shape index (κ1) is 27.0. The Hall–Kier alpha value is -5.31. The van der Waals surface area contributed by atoms with E-state index in [1.807, 2.05) is 78.9 Å². The molecule has 10 rings (SSSR count). The third-order valence-electron chi connectivity index (χ3n) is 10.2. The molecule has 2 saturated heterocycles. The molecule has 2 bridgehead atoms. The first-order valence-corrected chi connectivity index (χ1v) is 15.4. The van der Waals surface area contributed by atoms with Crippen molar-refractivity contribution in [1.29, 1.82) is 0 Å². The van der Waals surface area contributed by atoms with Crippen LogP contribution in [-0.4, -0.2) is 22.3 Å². The average molecular weight is 626 g/mol. The first-order valence-electron chi connectivity index (χ1n) is 15.0. The molecule has 9 heteroatoms. The number of hydrogen-bond acceptors (Lipinski definition) is 6. The second-order valence-electron chi connectivity index (χ2n) is 12.2. The van der Waals surface area contributed by atoms with Crippen LogP contribution in [0.5, 0.6) is 0 Å². The molecular formula is C37H24ClN3O5. The second-order valence-corrected chi connectivity index (χ2v) is 12.6. The Balaban J connectivity index is 1.40. The number of rotatable bonds is 4. The number of benzene rings is 5. The number of nitro groups is 1. The predicted octanol–water partition coefficient (Wildman–Crippen LogP) is 7.33. The summed E-state index contributed by atoms with van der Waals surface area (Å²) in [5.41, 5.74) is 2.28. The molecule has 0 spiro atoms. The number of nitrogens with zero attached hydrogens (tertiary/aromatic N) is 3. The smallest absolute Gasteiger partial charge is 0.271 e. The van der Waals surface area contributed by atoms with Crippen molar-refractivity contribution < 1.29 is 19.3 Å². The van der Waals surface area contributed by atoms with Gasteiger partial charge in [-0.1, -0.05) is 90.5 Å². The SMILES string of the molecule is O=C1N(c2ccc([N+](=O)[O-])cc2)C(=O)C23C4c5ccccc5C(c5ccccc54)C12ON(c1ccccc1)C3c1ccc(Cl)cc1. The molecule has 0 aromatic heterocycles. The molecule has 8 nitrogen and oxygen atoms in total. The van der Waals surface area contributed by atoms with Gasteiger partial charge in [0.15, 0.2) is 0 Å². The van der Waals surface area contributed by atoms with E-state index in [-0.39, 0.29) is 11.4 Å². The molecule has 2 heterocycles. The quantitative estimate of drug-likeness (QED) is 0.118. The normalized spacial score (nSPS) is 26.8. The fourth-order valence-corrected chi connectivity index (χ4v) is 8.76. The minimum Gasteiger partial charge on any atom is -0.273 e. The third kappa shape index (κ3) is 3.12. The van der Waals surface area contributed by atoms with E-state index in [1.165, 1.54) is 29.2 Å². The van der Waals surface area contributed by atoms with Crippen molar-refractivity contribution >= 4 is 40.5 Å². The van der Waals surface area contributed by atoms with Crippen LogP contribution in [0.3, 0.4) is 0 Å². The predicted molar refractivity (Wildman–Crippen MR) is 172 cm³/mol. The summed E-state index contributed by atoms with van der Waals surface area (Å²) in [4.78, 5) is 50.4. The van der Waals surface area contributed by atoms with Gasteiger partial charge >= 0.3 is 0 Å². The topological polar surface area (TPSA) is 93.0 Å². The Morgan fingerprint density at radius 2 is 1.20 bits per heavy atom. The van der Waals surface area contributed by atoms with Gasteiger partial charge < -0.3 is 0 Å². The lowest BCUT2D eigenvalue weighted by atomic mass is 9.43. The number of hydroxylamine groups is 1. The molecule has 0 radical (unpaired) electrons. The molecule has 3 unspecified atom stereocenters. The Morgan fingerprint density at radius 1 is 0.652 bits per heavy atom. The number of carbonyl (C=O) groups excluding carboxylic acids is 2. The summed E-state index contributed by atoms with van der Waals surface area (Å²) in [5, 5.41) is 13.8. The molecule has 5 aromatic carbocycles. The maximum Gasteiger partial charge on any atom is 0.271 e. The van der Waals surface area contributed by atoms with E-state index in [0.717, 1.165) is 27.8 Å². The van der Waals surface area contributed by atoms with Gasteiger partial charge in [-0.2, -0.15) is 0 Å². The fraction of sp³-hybridized carbons (Fsp3) is 0.135. The molecule has 2 amide bonds. The van der Waals surface area contributed by atoms with Gasteiger partial charge in [-0.05, 0) is 64.2 Å². The van der Waals surface area contributed by atoms with E-state index in [1.54, 1.807) is 17.2 Å². The van der Waals surface area contributed by atoms with Crippen LogP contribution in [0.25, 0.3) is 0 Å². The lowest BCUT2D eigenvalue weighted by Crippen LogP contribution is -2.63. The molecule has 2 fully saturated rings. The van der Waals surface area contributed by atoms with Crippen molar-refractivity contribution in [1.82, 2.24) is 0 Å². The zero-order valence-electron chi connectivity index (χ0n) is 24.1. The van der Waals surface area contributed by atoms with Gasteiger partial charge in [-0.25, -0.2) is 9.96 Å². The van der Waals surface area contributed by atoms with Crippen LogP contribution in [0.1, 0.15) is 45.7 Å². The molecule has 2 aliphatic heterocycles. The summed E-state index contributed by atoms with van der Waals surface area (Å²) in [5.74, 6) is -2.09. The van der Waals surface area contributed by atoms with Crippen LogP contribution >= 0.6 is 11.6 Å². The van der Waals surface area contributed by atoms with Crippen LogP contribution in [0.2, 0.25) is 5.02 Å². The number of imide groups is 1. The van der Waals surface area contributed by atoms with Crippen LogP contribution in [0.4, 0.5) is 17.1 Å². The largest absolute Gasteiger partial charge is 0.273 e. The van der Waals surface area contributed by atoms with E-state index in [4.69, 9.17) is 16.4 Å². The summed E-state index contributed by atoms with van der Waals surface area (Å²) in [7, 11) is 0. The van der Waals surface area contributed by atoms with Gasteiger partial charge in [0, 0.05) is 23.1 Å². The lowest BCUT2D eigenvalue weighted by molar-refractivity contribution is -0.384. The minimum atomic E-state index is -1.68. The maximum atomic E-state index is 15.6. The Morgan fingerprint density at radius 3 is 1.76 bits per heavy atom. The number of nitro benzene ring substituents is 1. The first-order chi connectivity index (χ1) is 22.4.